The first kappa shape index (κ1) is 16.9. The molecule has 0 bridgehead atoms. The summed E-state index contributed by atoms with van der Waals surface area (Å²) in [6.07, 6.45) is 3.99. The second-order valence-electron chi connectivity index (χ2n) is 7.42. The fourth-order valence-corrected chi connectivity index (χ4v) is 3.92. The van der Waals surface area contributed by atoms with Crippen LogP contribution < -0.4 is 4.90 Å². The number of pyridine rings is 1. The maximum atomic E-state index is 13.9. The van der Waals surface area contributed by atoms with Gasteiger partial charge in [0, 0.05) is 41.8 Å². The summed E-state index contributed by atoms with van der Waals surface area (Å²) in [5.41, 5.74) is 2.85. The van der Waals surface area contributed by atoms with E-state index >= 15 is 0 Å². The molecule has 0 radical (unpaired) electrons. The van der Waals surface area contributed by atoms with Gasteiger partial charge >= 0.3 is 0 Å². The van der Waals surface area contributed by atoms with Crippen LogP contribution in [0.5, 0.6) is 0 Å². The minimum atomic E-state index is -0.225. The zero-order chi connectivity index (χ0) is 18.3. The number of benzene rings is 1. The van der Waals surface area contributed by atoms with Crippen LogP contribution in [0.4, 0.5) is 10.1 Å². The van der Waals surface area contributed by atoms with Crippen molar-refractivity contribution in [3.05, 3.63) is 47.9 Å². The van der Waals surface area contributed by atoms with E-state index in [4.69, 9.17) is 0 Å². The molecule has 5 nitrogen and oxygen atoms in total. The molecule has 1 aromatic carbocycles. The fourth-order valence-electron chi connectivity index (χ4n) is 3.92. The van der Waals surface area contributed by atoms with E-state index in [0.717, 1.165) is 54.0 Å². The molecule has 0 saturated carbocycles. The number of anilines is 1. The molecule has 0 spiro atoms. The van der Waals surface area contributed by atoms with Gasteiger partial charge in [-0.05, 0) is 57.9 Å². The molecular weight excluding hydrogens is 329 g/mol. The number of hydrogen-bond donors (Lipinski definition) is 0. The minimum Gasteiger partial charge on any atom is -0.370 e. The van der Waals surface area contributed by atoms with E-state index < -0.39 is 0 Å². The van der Waals surface area contributed by atoms with Gasteiger partial charge in [-0.3, -0.25) is 4.98 Å². The van der Waals surface area contributed by atoms with Crippen LogP contribution in [-0.4, -0.2) is 32.8 Å². The van der Waals surface area contributed by atoms with Crippen molar-refractivity contribution in [3.8, 4) is 0 Å². The maximum Gasteiger partial charge on any atom is 0.137 e. The highest BCUT2D eigenvalue weighted by molar-refractivity contribution is 5.92. The van der Waals surface area contributed by atoms with Gasteiger partial charge in [0.05, 0.1) is 5.52 Å². The molecule has 0 aliphatic carbocycles. The molecule has 1 unspecified atom stereocenters. The van der Waals surface area contributed by atoms with E-state index in [2.05, 4.69) is 44.6 Å². The van der Waals surface area contributed by atoms with E-state index in [1.165, 1.54) is 6.07 Å². The second-order valence-corrected chi connectivity index (χ2v) is 7.42. The standard InChI is InChI=1S/C20H24FN5/c1-13(2)26-12-22-24-20(26)15-5-4-8-25(11-15)19-9-14(3)23-18-7-6-16(21)10-17(18)19/h6-7,9-10,12-13,15H,4-5,8,11H2,1-3H3. The van der Waals surface area contributed by atoms with E-state index in [9.17, 15) is 4.39 Å². The Morgan fingerprint density at radius 3 is 2.88 bits per heavy atom. The topological polar surface area (TPSA) is 46.8 Å². The molecule has 2 aromatic heterocycles. The first-order valence-electron chi connectivity index (χ1n) is 9.24. The van der Waals surface area contributed by atoms with Gasteiger partial charge in [0.25, 0.3) is 0 Å². The third kappa shape index (κ3) is 3.04. The summed E-state index contributed by atoms with van der Waals surface area (Å²) >= 11 is 0. The van der Waals surface area contributed by atoms with Crippen LogP contribution in [0.3, 0.4) is 0 Å². The molecule has 3 aromatic rings. The van der Waals surface area contributed by atoms with Gasteiger partial charge in [0.1, 0.15) is 18.0 Å². The number of piperidine rings is 1. The normalized spacial score (nSPS) is 18.0. The Morgan fingerprint density at radius 2 is 2.08 bits per heavy atom. The highest BCUT2D eigenvalue weighted by atomic mass is 19.1. The third-order valence-electron chi connectivity index (χ3n) is 5.16. The summed E-state index contributed by atoms with van der Waals surface area (Å²) < 4.78 is 16.0. The lowest BCUT2D eigenvalue weighted by molar-refractivity contribution is 0.455. The van der Waals surface area contributed by atoms with Crippen LogP contribution in [0.1, 0.15) is 50.2 Å². The molecule has 6 heteroatoms. The molecule has 136 valence electrons. The summed E-state index contributed by atoms with van der Waals surface area (Å²) in [4.78, 5) is 6.91. The van der Waals surface area contributed by atoms with Crippen molar-refractivity contribution in [2.45, 2.75) is 45.6 Å². The third-order valence-corrected chi connectivity index (χ3v) is 5.16. The lowest BCUT2D eigenvalue weighted by Crippen LogP contribution is -2.35. The van der Waals surface area contributed by atoms with Crippen molar-refractivity contribution >= 4 is 16.6 Å². The van der Waals surface area contributed by atoms with E-state index in [1.54, 1.807) is 12.1 Å². The van der Waals surface area contributed by atoms with E-state index in [-0.39, 0.29) is 5.82 Å². The van der Waals surface area contributed by atoms with Crippen molar-refractivity contribution in [2.24, 2.45) is 0 Å². The Kier molecular flexibility index (Phi) is 4.34. The first-order chi connectivity index (χ1) is 12.5. The lowest BCUT2D eigenvalue weighted by atomic mass is 9.95. The quantitative estimate of drug-likeness (QED) is 0.707. The first-order valence-corrected chi connectivity index (χ1v) is 9.24. The van der Waals surface area contributed by atoms with Gasteiger partial charge in [0.2, 0.25) is 0 Å². The van der Waals surface area contributed by atoms with Gasteiger partial charge in [0.15, 0.2) is 0 Å². The Hall–Kier alpha value is -2.50. The maximum absolute atomic E-state index is 13.9. The molecular formula is C20H24FN5. The summed E-state index contributed by atoms with van der Waals surface area (Å²) in [6, 6.07) is 7.24. The van der Waals surface area contributed by atoms with E-state index in [1.807, 2.05) is 13.3 Å². The molecule has 1 fully saturated rings. The average molecular weight is 353 g/mol. The van der Waals surface area contributed by atoms with Crippen molar-refractivity contribution in [2.75, 3.05) is 18.0 Å². The molecule has 1 saturated heterocycles. The van der Waals surface area contributed by atoms with Crippen molar-refractivity contribution in [1.82, 2.24) is 19.7 Å². The molecule has 1 aliphatic heterocycles. The zero-order valence-corrected chi connectivity index (χ0v) is 15.5. The summed E-state index contributed by atoms with van der Waals surface area (Å²) in [6.45, 7) is 8.11. The van der Waals surface area contributed by atoms with Gasteiger partial charge in [-0.25, -0.2) is 4.39 Å². The van der Waals surface area contributed by atoms with Crippen LogP contribution in [0.25, 0.3) is 10.9 Å². The SMILES string of the molecule is Cc1cc(N2CCCC(c3nncn3C(C)C)C2)c2cc(F)ccc2n1. The molecule has 0 N–H and O–H groups in total. The van der Waals surface area contributed by atoms with Crippen LogP contribution in [-0.2, 0) is 0 Å². The predicted molar refractivity (Wildman–Crippen MR) is 101 cm³/mol. The molecule has 4 rings (SSSR count). The van der Waals surface area contributed by atoms with Crippen LogP contribution >= 0.6 is 0 Å². The second kappa shape index (κ2) is 6.67. The fraction of sp³-hybridized carbons (Fsp3) is 0.450. The number of rotatable bonds is 3. The summed E-state index contributed by atoms with van der Waals surface area (Å²) in [7, 11) is 0. The molecule has 0 amide bonds. The molecule has 1 atom stereocenters. The summed E-state index contributed by atoms with van der Waals surface area (Å²) in [5.74, 6) is 1.15. The Bertz CT molecular complexity index is 933. The largest absolute Gasteiger partial charge is 0.370 e. The van der Waals surface area contributed by atoms with Gasteiger partial charge in [-0.2, -0.15) is 0 Å². The highest BCUT2D eigenvalue weighted by Gasteiger charge is 2.27. The number of nitrogens with zero attached hydrogens (tertiary/aromatic N) is 5. The van der Waals surface area contributed by atoms with Crippen LogP contribution in [0, 0.1) is 12.7 Å². The highest BCUT2D eigenvalue weighted by Crippen LogP contribution is 2.34. The Morgan fingerprint density at radius 1 is 1.23 bits per heavy atom. The zero-order valence-electron chi connectivity index (χ0n) is 15.5. The Labute approximate surface area is 152 Å². The number of aryl methyl sites for hydroxylation is 1. The monoisotopic (exact) mass is 353 g/mol. The number of halogens is 1. The molecule has 26 heavy (non-hydrogen) atoms. The minimum absolute atomic E-state index is 0.225. The Balaban J connectivity index is 1.71. The van der Waals surface area contributed by atoms with E-state index in [0.29, 0.717) is 12.0 Å². The van der Waals surface area contributed by atoms with Crippen molar-refractivity contribution < 1.29 is 4.39 Å². The average Bonchev–Trinajstić information content (AvgIpc) is 3.12. The molecule has 3 heterocycles. The van der Waals surface area contributed by atoms with Gasteiger partial charge in [-0.15, -0.1) is 10.2 Å². The summed E-state index contributed by atoms with van der Waals surface area (Å²) in [5, 5.41) is 9.40. The van der Waals surface area contributed by atoms with Crippen LogP contribution in [0.15, 0.2) is 30.6 Å². The number of aromatic nitrogens is 4. The van der Waals surface area contributed by atoms with Crippen LogP contribution in [0.2, 0.25) is 0 Å². The van der Waals surface area contributed by atoms with Gasteiger partial charge in [-0.1, -0.05) is 0 Å². The van der Waals surface area contributed by atoms with Crippen molar-refractivity contribution in [3.63, 3.8) is 0 Å². The number of hydrogen-bond acceptors (Lipinski definition) is 4. The molecule has 1 aliphatic rings. The lowest BCUT2D eigenvalue weighted by Gasteiger charge is -2.35. The smallest absolute Gasteiger partial charge is 0.137 e. The van der Waals surface area contributed by atoms with Gasteiger partial charge < -0.3 is 9.47 Å². The predicted octanol–water partition coefficient (Wildman–Crippen LogP) is 4.24. The number of fused-ring (bicyclic) bond motifs is 1. The van der Waals surface area contributed by atoms with Crippen molar-refractivity contribution in [1.29, 1.82) is 0 Å².